The third kappa shape index (κ3) is 4.54. The van der Waals surface area contributed by atoms with Crippen LogP contribution in [-0.4, -0.2) is 64.2 Å². The van der Waals surface area contributed by atoms with Crippen LogP contribution in [0.3, 0.4) is 0 Å². The standard InChI is InChI=1S/C10H15N3O6/c1-10(19,2-8(16)17)5-12-6(14)4-13-7(15)3-11-9(13)18/h19H,2-5H2,1H3,(H,11,18)(H,12,14)(H,16,17). The smallest absolute Gasteiger partial charge is 0.325 e. The SMILES string of the molecule is CC(O)(CNC(=O)CN1C(=O)CNC1=O)CC(=O)O. The molecule has 1 heterocycles. The van der Waals surface area contributed by atoms with Crippen LogP contribution in [0.1, 0.15) is 13.3 Å². The normalized spacial score (nSPS) is 17.9. The van der Waals surface area contributed by atoms with E-state index in [2.05, 4.69) is 10.6 Å². The Hall–Kier alpha value is -2.16. The molecule has 0 aromatic heterocycles. The number of carbonyl (C=O) groups is 4. The number of amides is 4. The number of imide groups is 1. The number of hydrogen-bond acceptors (Lipinski definition) is 5. The summed E-state index contributed by atoms with van der Waals surface area (Å²) in [6, 6.07) is -0.655. The minimum atomic E-state index is -1.60. The van der Waals surface area contributed by atoms with E-state index in [-0.39, 0.29) is 13.1 Å². The summed E-state index contributed by atoms with van der Waals surface area (Å²) in [5.74, 6) is -2.37. The first kappa shape index (κ1) is 14.9. The van der Waals surface area contributed by atoms with Crippen LogP contribution in [0, 0.1) is 0 Å². The van der Waals surface area contributed by atoms with Gasteiger partial charge in [0, 0.05) is 6.54 Å². The van der Waals surface area contributed by atoms with E-state index < -0.39 is 42.4 Å². The molecule has 1 atom stereocenters. The van der Waals surface area contributed by atoms with Crippen LogP contribution in [-0.2, 0) is 14.4 Å². The first-order chi connectivity index (χ1) is 8.71. The van der Waals surface area contributed by atoms with Crippen molar-refractivity contribution in [2.75, 3.05) is 19.6 Å². The highest BCUT2D eigenvalue weighted by molar-refractivity contribution is 6.04. The van der Waals surface area contributed by atoms with Gasteiger partial charge in [0.15, 0.2) is 0 Å². The number of carboxylic acids is 1. The quantitative estimate of drug-likeness (QED) is 0.408. The second-order valence-corrected chi connectivity index (χ2v) is 4.48. The van der Waals surface area contributed by atoms with Crippen molar-refractivity contribution in [1.82, 2.24) is 15.5 Å². The first-order valence-corrected chi connectivity index (χ1v) is 5.50. The van der Waals surface area contributed by atoms with Gasteiger partial charge in [-0.3, -0.25) is 19.3 Å². The number of rotatable bonds is 6. The predicted molar refractivity (Wildman–Crippen MR) is 61.0 cm³/mol. The molecule has 0 bridgehead atoms. The molecule has 9 heteroatoms. The lowest BCUT2D eigenvalue weighted by atomic mass is 10.0. The lowest BCUT2D eigenvalue weighted by Crippen LogP contribution is -2.46. The molecule has 1 aliphatic rings. The van der Waals surface area contributed by atoms with Gasteiger partial charge in [0.25, 0.3) is 5.91 Å². The number of aliphatic hydroxyl groups is 1. The minimum Gasteiger partial charge on any atom is -0.481 e. The summed E-state index contributed by atoms with van der Waals surface area (Å²) in [5, 5.41) is 22.7. The van der Waals surface area contributed by atoms with Crippen LogP contribution in [0.25, 0.3) is 0 Å². The summed E-state index contributed by atoms with van der Waals surface area (Å²) >= 11 is 0. The van der Waals surface area contributed by atoms with Crippen LogP contribution >= 0.6 is 0 Å². The Kier molecular flexibility index (Phi) is 4.43. The highest BCUT2D eigenvalue weighted by atomic mass is 16.4. The van der Waals surface area contributed by atoms with E-state index in [1.54, 1.807) is 0 Å². The summed E-state index contributed by atoms with van der Waals surface area (Å²) in [6.07, 6.45) is -0.531. The molecule has 106 valence electrons. The molecule has 1 unspecified atom stereocenters. The van der Waals surface area contributed by atoms with Gasteiger partial charge in [0.1, 0.15) is 6.54 Å². The van der Waals surface area contributed by atoms with Crippen molar-refractivity contribution in [1.29, 1.82) is 0 Å². The van der Waals surface area contributed by atoms with E-state index in [0.29, 0.717) is 0 Å². The number of carbonyl (C=O) groups excluding carboxylic acids is 3. The predicted octanol–water partition coefficient (Wildman–Crippen LogP) is -2.12. The highest BCUT2D eigenvalue weighted by Crippen LogP contribution is 2.07. The molecule has 0 aliphatic carbocycles. The maximum Gasteiger partial charge on any atom is 0.325 e. The molecule has 9 nitrogen and oxygen atoms in total. The van der Waals surface area contributed by atoms with Crippen molar-refractivity contribution >= 4 is 23.8 Å². The van der Waals surface area contributed by atoms with E-state index in [0.717, 1.165) is 4.90 Å². The fourth-order valence-corrected chi connectivity index (χ4v) is 1.49. The highest BCUT2D eigenvalue weighted by Gasteiger charge is 2.31. The maximum atomic E-state index is 11.5. The van der Waals surface area contributed by atoms with Gasteiger partial charge in [-0.1, -0.05) is 0 Å². The maximum absolute atomic E-state index is 11.5. The van der Waals surface area contributed by atoms with Crippen molar-refractivity contribution < 1.29 is 29.4 Å². The molecule has 1 rings (SSSR count). The number of aliphatic carboxylic acids is 1. The Balaban J connectivity index is 2.41. The van der Waals surface area contributed by atoms with Crippen LogP contribution < -0.4 is 10.6 Å². The van der Waals surface area contributed by atoms with Crippen molar-refractivity contribution in [3.05, 3.63) is 0 Å². The molecule has 0 spiro atoms. The van der Waals surface area contributed by atoms with Gasteiger partial charge in [0.05, 0.1) is 18.6 Å². The first-order valence-electron chi connectivity index (χ1n) is 5.50. The third-order valence-electron chi connectivity index (χ3n) is 2.44. The zero-order valence-corrected chi connectivity index (χ0v) is 10.3. The minimum absolute atomic E-state index is 0.150. The molecular weight excluding hydrogens is 258 g/mol. The second-order valence-electron chi connectivity index (χ2n) is 4.48. The molecule has 1 saturated heterocycles. The Morgan fingerprint density at radius 3 is 2.58 bits per heavy atom. The topological polar surface area (TPSA) is 136 Å². The average molecular weight is 273 g/mol. The molecule has 0 aromatic rings. The van der Waals surface area contributed by atoms with Crippen molar-refractivity contribution in [3.8, 4) is 0 Å². The van der Waals surface area contributed by atoms with Gasteiger partial charge in [-0.2, -0.15) is 0 Å². The van der Waals surface area contributed by atoms with Crippen LogP contribution in [0.5, 0.6) is 0 Å². The molecule has 4 amide bonds. The van der Waals surface area contributed by atoms with E-state index in [1.807, 2.05) is 0 Å². The Morgan fingerprint density at radius 2 is 2.11 bits per heavy atom. The number of urea groups is 1. The Labute approximate surface area is 108 Å². The largest absolute Gasteiger partial charge is 0.481 e. The van der Waals surface area contributed by atoms with Gasteiger partial charge in [0.2, 0.25) is 5.91 Å². The number of nitrogens with one attached hydrogen (secondary N) is 2. The molecule has 0 saturated carbocycles. The van der Waals surface area contributed by atoms with Crippen molar-refractivity contribution in [2.24, 2.45) is 0 Å². The van der Waals surface area contributed by atoms with E-state index in [1.165, 1.54) is 6.92 Å². The van der Waals surface area contributed by atoms with Crippen LogP contribution in [0.15, 0.2) is 0 Å². The summed E-state index contributed by atoms with van der Waals surface area (Å²) in [4.78, 5) is 45.0. The van der Waals surface area contributed by atoms with E-state index >= 15 is 0 Å². The third-order valence-corrected chi connectivity index (χ3v) is 2.44. The fraction of sp³-hybridized carbons (Fsp3) is 0.600. The molecule has 4 N–H and O–H groups in total. The molecule has 0 aromatic carbocycles. The fourth-order valence-electron chi connectivity index (χ4n) is 1.49. The summed E-state index contributed by atoms with van der Waals surface area (Å²) in [5.41, 5.74) is -1.60. The van der Waals surface area contributed by atoms with Crippen LogP contribution in [0.4, 0.5) is 4.79 Å². The zero-order chi connectivity index (χ0) is 14.6. The van der Waals surface area contributed by atoms with Gasteiger partial charge in [-0.15, -0.1) is 0 Å². The van der Waals surface area contributed by atoms with E-state index in [9.17, 15) is 24.3 Å². The number of hydrogen-bond donors (Lipinski definition) is 4. The Morgan fingerprint density at radius 1 is 1.47 bits per heavy atom. The van der Waals surface area contributed by atoms with Gasteiger partial charge >= 0.3 is 12.0 Å². The molecule has 1 aliphatic heterocycles. The molecular formula is C10H15N3O6. The summed E-state index contributed by atoms with van der Waals surface area (Å²) < 4.78 is 0. The van der Waals surface area contributed by atoms with Gasteiger partial charge < -0.3 is 20.8 Å². The van der Waals surface area contributed by atoms with Crippen molar-refractivity contribution in [2.45, 2.75) is 18.9 Å². The molecule has 1 fully saturated rings. The number of nitrogens with zero attached hydrogens (tertiary/aromatic N) is 1. The summed E-state index contributed by atoms with van der Waals surface area (Å²) in [6.45, 7) is 0.355. The molecule has 0 radical (unpaired) electrons. The van der Waals surface area contributed by atoms with Crippen LogP contribution in [0.2, 0.25) is 0 Å². The second kappa shape index (κ2) is 5.65. The lowest BCUT2D eigenvalue weighted by molar-refractivity contribution is -0.142. The monoisotopic (exact) mass is 273 g/mol. The molecule has 19 heavy (non-hydrogen) atoms. The van der Waals surface area contributed by atoms with E-state index in [4.69, 9.17) is 5.11 Å². The summed E-state index contributed by atoms with van der Waals surface area (Å²) in [7, 11) is 0. The van der Waals surface area contributed by atoms with Gasteiger partial charge in [-0.05, 0) is 6.92 Å². The van der Waals surface area contributed by atoms with Crippen molar-refractivity contribution in [3.63, 3.8) is 0 Å². The Bertz CT molecular complexity index is 403. The lowest BCUT2D eigenvalue weighted by Gasteiger charge is -2.22. The average Bonchev–Trinajstić information content (AvgIpc) is 2.57. The number of carboxylic acid groups (broad SMARTS) is 1. The zero-order valence-electron chi connectivity index (χ0n) is 10.3. The van der Waals surface area contributed by atoms with Gasteiger partial charge in [-0.25, -0.2) is 4.79 Å².